The van der Waals surface area contributed by atoms with Gasteiger partial charge in [-0.25, -0.2) is 0 Å². The molecule has 52 heavy (non-hydrogen) atoms. The lowest BCUT2D eigenvalue weighted by atomic mass is 9.93. The fourth-order valence-corrected chi connectivity index (χ4v) is 8.99. The first-order valence-electron chi connectivity index (χ1n) is 18.3. The Hall–Kier alpha value is -6.58. The Morgan fingerprint density at radius 1 is 0.442 bits per heavy atom. The number of para-hydroxylation sites is 5. The van der Waals surface area contributed by atoms with Crippen molar-refractivity contribution in [1.29, 1.82) is 0 Å². The molecule has 0 saturated heterocycles. The molecule has 0 bridgehead atoms. The van der Waals surface area contributed by atoms with Gasteiger partial charge >= 0.3 is 0 Å². The van der Waals surface area contributed by atoms with E-state index in [1.54, 1.807) is 0 Å². The number of nitrogens with zero attached hydrogens (tertiary/aromatic N) is 3. The van der Waals surface area contributed by atoms with Crippen LogP contribution in [0.2, 0.25) is 0 Å². The zero-order chi connectivity index (χ0) is 34.3. The van der Waals surface area contributed by atoms with Crippen molar-refractivity contribution in [3.63, 3.8) is 0 Å². The van der Waals surface area contributed by atoms with Gasteiger partial charge in [0.05, 0.1) is 33.3 Å². The highest BCUT2D eigenvalue weighted by Crippen LogP contribution is 2.42. The summed E-state index contributed by atoms with van der Waals surface area (Å²) in [5.41, 5.74) is 14.7. The van der Waals surface area contributed by atoms with Crippen LogP contribution in [0.5, 0.6) is 0 Å². The molecular formula is C49H35N3. The van der Waals surface area contributed by atoms with Crippen molar-refractivity contribution in [2.45, 2.75) is 19.3 Å². The zero-order valence-electron chi connectivity index (χ0n) is 28.9. The maximum atomic E-state index is 2.49. The molecule has 3 heteroatoms. The average molecular weight is 666 g/mol. The smallest absolute Gasteiger partial charge is 0.0542 e. The molecule has 1 atom stereocenters. The number of rotatable bonds is 4. The lowest BCUT2D eigenvalue weighted by molar-refractivity contribution is 0.723. The van der Waals surface area contributed by atoms with Crippen LogP contribution in [-0.4, -0.2) is 13.7 Å². The van der Waals surface area contributed by atoms with Crippen LogP contribution in [0.15, 0.2) is 170 Å². The van der Waals surface area contributed by atoms with Crippen molar-refractivity contribution in [2.75, 3.05) is 0 Å². The Labute approximate surface area is 301 Å². The van der Waals surface area contributed by atoms with Gasteiger partial charge in [-0.15, -0.1) is 0 Å². The summed E-state index contributed by atoms with van der Waals surface area (Å²) >= 11 is 0. The van der Waals surface area contributed by atoms with Gasteiger partial charge in [-0.3, -0.25) is 0 Å². The topological polar surface area (TPSA) is 14.8 Å². The normalized spacial score (nSPS) is 14.3. The third-order valence-corrected chi connectivity index (χ3v) is 11.3. The van der Waals surface area contributed by atoms with Crippen LogP contribution in [0.1, 0.15) is 30.5 Å². The molecule has 1 aliphatic carbocycles. The Morgan fingerprint density at radius 3 is 1.46 bits per heavy atom. The quantitative estimate of drug-likeness (QED) is 0.178. The molecule has 0 saturated carbocycles. The summed E-state index contributed by atoms with van der Waals surface area (Å²) < 4.78 is 7.36. The summed E-state index contributed by atoms with van der Waals surface area (Å²) in [4.78, 5) is 0. The summed E-state index contributed by atoms with van der Waals surface area (Å²) in [6.07, 6.45) is 5.70. The number of hydrogen-bond acceptors (Lipinski definition) is 0. The molecule has 0 fully saturated rings. The highest BCUT2D eigenvalue weighted by molar-refractivity contribution is 6.11. The van der Waals surface area contributed by atoms with E-state index in [1.165, 1.54) is 82.6 Å². The van der Waals surface area contributed by atoms with Crippen LogP contribution in [-0.2, 0) is 0 Å². The van der Waals surface area contributed by atoms with Crippen LogP contribution in [0, 0.1) is 0 Å². The Bertz CT molecular complexity index is 2950. The summed E-state index contributed by atoms with van der Waals surface area (Å²) in [6.45, 7) is 2.35. The van der Waals surface area contributed by atoms with E-state index >= 15 is 0 Å². The monoisotopic (exact) mass is 665 g/mol. The molecule has 0 N–H and O–H groups in total. The van der Waals surface area contributed by atoms with Crippen molar-refractivity contribution in [1.82, 2.24) is 13.7 Å². The molecule has 10 aromatic rings. The van der Waals surface area contributed by atoms with Crippen molar-refractivity contribution >= 4 is 60.6 Å². The molecule has 1 aliphatic rings. The number of allylic oxidation sites excluding steroid dienone is 1. The van der Waals surface area contributed by atoms with Crippen molar-refractivity contribution in [3.8, 4) is 28.2 Å². The van der Waals surface area contributed by atoms with E-state index < -0.39 is 0 Å². The first-order valence-corrected chi connectivity index (χ1v) is 18.3. The van der Waals surface area contributed by atoms with Gasteiger partial charge in [0.25, 0.3) is 0 Å². The van der Waals surface area contributed by atoms with E-state index in [-0.39, 0.29) is 0 Å². The second-order valence-corrected chi connectivity index (χ2v) is 14.2. The SMILES string of the molecule is C[C@@H]1CC=Cc2c1n(-c1ccc(-c3cc(-n4c5ccccc5c5ccccc54)ccc3-n3c4ccccc4c4ccccc43)cc1)c1ccccc21. The number of benzene rings is 7. The molecule has 246 valence electrons. The minimum atomic E-state index is 0.442. The molecule has 0 amide bonds. The molecule has 0 aliphatic heterocycles. The Morgan fingerprint density at radius 2 is 0.904 bits per heavy atom. The van der Waals surface area contributed by atoms with E-state index in [0.717, 1.165) is 17.8 Å². The molecular weight excluding hydrogens is 631 g/mol. The standard InChI is InChI=1S/C49H35N3/c1-32-13-12-19-41-40-18-6-9-22-45(40)51(49(32)41)34-27-25-33(26-28-34)42-31-35(50-43-20-7-2-14-36(43)37-15-3-8-21-44(37)50)29-30-48(42)52-46-23-10-4-16-38(46)39-17-5-11-24-47(39)52/h2-12,14-32H,13H2,1H3/t32-/m1/s1. The summed E-state index contributed by atoms with van der Waals surface area (Å²) in [7, 11) is 0. The van der Waals surface area contributed by atoms with Gasteiger partial charge in [0.2, 0.25) is 0 Å². The molecule has 0 radical (unpaired) electrons. The lowest BCUT2D eigenvalue weighted by Gasteiger charge is -2.20. The van der Waals surface area contributed by atoms with Gasteiger partial charge in [-0.05, 0) is 72.6 Å². The van der Waals surface area contributed by atoms with E-state index in [0.29, 0.717) is 5.92 Å². The maximum absolute atomic E-state index is 2.49. The van der Waals surface area contributed by atoms with Crippen molar-refractivity contribution in [2.24, 2.45) is 0 Å². The molecule has 3 heterocycles. The van der Waals surface area contributed by atoms with E-state index in [2.05, 4.69) is 197 Å². The molecule has 0 unspecified atom stereocenters. The minimum Gasteiger partial charge on any atom is -0.313 e. The number of aromatic nitrogens is 3. The third kappa shape index (κ3) is 4.14. The third-order valence-electron chi connectivity index (χ3n) is 11.3. The summed E-state index contributed by atoms with van der Waals surface area (Å²) in [5.74, 6) is 0.442. The van der Waals surface area contributed by atoms with Gasteiger partial charge < -0.3 is 13.7 Å². The van der Waals surface area contributed by atoms with Gasteiger partial charge in [0.15, 0.2) is 0 Å². The predicted octanol–water partition coefficient (Wildman–Crippen LogP) is 13.0. The van der Waals surface area contributed by atoms with E-state index in [4.69, 9.17) is 0 Å². The van der Waals surface area contributed by atoms with Crippen LogP contribution in [0.3, 0.4) is 0 Å². The molecule has 7 aromatic carbocycles. The van der Waals surface area contributed by atoms with E-state index in [1.807, 2.05) is 0 Å². The van der Waals surface area contributed by atoms with Gasteiger partial charge in [0.1, 0.15) is 0 Å². The minimum absolute atomic E-state index is 0.442. The highest BCUT2D eigenvalue weighted by Gasteiger charge is 2.24. The predicted molar refractivity (Wildman–Crippen MR) is 219 cm³/mol. The largest absolute Gasteiger partial charge is 0.313 e. The van der Waals surface area contributed by atoms with Gasteiger partial charge in [-0.2, -0.15) is 0 Å². The van der Waals surface area contributed by atoms with Crippen LogP contribution >= 0.6 is 0 Å². The molecule has 3 nitrogen and oxygen atoms in total. The first kappa shape index (κ1) is 29.2. The maximum Gasteiger partial charge on any atom is 0.0542 e. The second-order valence-electron chi connectivity index (χ2n) is 14.2. The molecule has 3 aromatic heterocycles. The van der Waals surface area contributed by atoms with Crippen LogP contribution in [0.25, 0.3) is 88.8 Å². The fraction of sp³-hybridized carbons (Fsp3) is 0.0612. The second kappa shape index (κ2) is 11.2. The Balaban J connectivity index is 1.17. The lowest BCUT2D eigenvalue weighted by Crippen LogP contribution is -2.07. The highest BCUT2D eigenvalue weighted by atomic mass is 15.0. The molecule has 11 rings (SSSR count). The van der Waals surface area contributed by atoms with Gasteiger partial charge in [0, 0.05) is 61.0 Å². The summed E-state index contributed by atoms with van der Waals surface area (Å²) in [6, 6.07) is 60.2. The fourth-order valence-electron chi connectivity index (χ4n) is 8.99. The van der Waals surface area contributed by atoms with Crippen LogP contribution < -0.4 is 0 Å². The molecule has 0 spiro atoms. The van der Waals surface area contributed by atoms with E-state index in [9.17, 15) is 0 Å². The number of fused-ring (bicyclic) bond motifs is 9. The van der Waals surface area contributed by atoms with Crippen LogP contribution in [0.4, 0.5) is 0 Å². The van der Waals surface area contributed by atoms with Crippen molar-refractivity contribution < 1.29 is 0 Å². The summed E-state index contributed by atoms with van der Waals surface area (Å²) in [5, 5.41) is 6.37. The van der Waals surface area contributed by atoms with Gasteiger partial charge in [-0.1, -0.05) is 122 Å². The Kier molecular flexibility index (Phi) is 6.29. The average Bonchev–Trinajstić information content (AvgIpc) is 3.85. The van der Waals surface area contributed by atoms with Crippen molar-refractivity contribution in [3.05, 3.63) is 181 Å². The zero-order valence-corrected chi connectivity index (χ0v) is 28.9. The first-order chi connectivity index (χ1) is 25.7. The number of hydrogen-bond donors (Lipinski definition) is 0.